The van der Waals surface area contributed by atoms with Crippen LogP contribution < -0.4 is 5.32 Å². The molecule has 1 atom stereocenters. The molecular weight excluding hydrogens is 186 g/mol. The molecule has 3 heteroatoms. The number of nitrogens with zero attached hydrogens (tertiary/aromatic N) is 2. The molecule has 0 aromatic rings. The Hall–Kier alpha value is -0.590. The van der Waals surface area contributed by atoms with Crippen LogP contribution in [0.5, 0.6) is 0 Å². The van der Waals surface area contributed by atoms with E-state index in [0.29, 0.717) is 12.5 Å². The summed E-state index contributed by atoms with van der Waals surface area (Å²) in [5, 5.41) is 12.0. The van der Waals surface area contributed by atoms with Crippen LogP contribution in [0.3, 0.4) is 0 Å². The van der Waals surface area contributed by atoms with Crippen LogP contribution in [0.15, 0.2) is 0 Å². The van der Waals surface area contributed by atoms with Gasteiger partial charge in [-0.15, -0.1) is 0 Å². The fourth-order valence-corrected chi connectivity index (χ4v) is 2.08. The lowest BCUT2D eigenvalue weighted by Crippen LogP contribution is -2.39. The lowest BCUT2D eigenvalue weighted by Gasteiger charge is -2.31. The van der Waals surface area contributed by atoms with Crippen molar-refractivity contribution in [3.63, 3.8) is 0 Å². The topological polar surface area (TPSA) is 39.1 Å². The van der Waals surface area contributed by atoms with E-state index in [0.717, 1.165) is 12.5 Å². The van der Waals surface area contributed by atoms with E-state index in [2.05, 4.69) is 30.1 Å². The molecule has 0 aliphatic carbocycles. The zero-order chi connectivity index (χ0) is 11.1. The van der Waals surface area contributed by atoms with Gasteiger partial charge in [-0.2, -0.15) is 5.26 Å². The number of nitriles is 1. The minimum Gasteiger partial charge on any atom is -0.313 e. The van der Waals surface area contributed by atoms with Crippen LogP contribution in [0.1, 0.15) is 33.1 Å². The molecule has 1 rings (SSSR count). The van der Waals surface area contributed by atoms with Crippen molar-refractivity contribution >= 4 is 0 Å². The molecule has 0 saturated carbocycles. The Bertz CT molecular complexity index is 201. The summed E-state index contributed by atoms with van der Waals surface area (Å²) in [4.78, 5) is 2.51. The molecule has 1 fully saturated rings. The summed E-state index contributed by atoms with van der Waals surface area (Å²) >= 11 is 0. The van der Waals surface area contributed by atoms with E-state index in [9.17, 15) is 0 Å². The van der Waals surface area contributed by atoms with Crippen LogP contribution in [-0.4, -0.2) is 37.1 Å². The first-order valence-electron chi connectivity index (χ1n) is 6.09. The molecule has 1 N–H and O–H groups in total. The van der Waals surface area contributed by atoms with Gasteiger partial charge in [0.15, 0.2) is 0 Å². The van der Waals surface area contributed by atoms with Crippen LogP contribution in [0.4, 0.5) is 0 Å². The molecule has 1 saturated heterocycles. The van der Waals surface area contributed by atoms with Gasteiger partial charge in [-0.25, -0.2) is 0 Å². The minimum atomic E-state index is 0.346. The molecule has 1 unspecified atom stereocenters. The second-order valence-corrected chi connectivity index (χ2v) is 4.55. The Balaban J connectivity index is 2.11. The number of hydrogen-bond donors (Lipinski definition) is 1. The van der Waals surface area contributed by atoms with Crippen LogP contribution >= 0.6 is 0 Å². The maximum atomic E-state index is 8.54. The van der Waals surface area contributed by atoms with Gasteiger partial charge in [-0.1, -0.05) is 6.92 Å². The zero-order valence-electron chi connectivity index (χ0n) is 10.00. The third-order valence-electron chi connectivity index (χ3n) is 3.31. The standard InChI is InChI=1S/C12H23N3/c1-3-15-8-5-12(6-9-15)10-14-11(2)4-7-13/h11-12,14H,3-6,8-10H2,1-2H3. The molecule has 0 aromatic carbocycles. The Labute approximate surface area is 93.5 Å². The first-order chi connectivity index (χ1) is 7.26. The maximum Gasteiger partial charge on any atom is 0.0638 e. The predicted molar refractivity (Wildman–Crippen MR) is 62.5 cm³/mol. The summed E-state index contributed by atoms with van der Waals surface area (Å²) < 4.78 is 0. The van der Waals surface area contributed by atoms with E-state index in [1.165, 1.54) is 32.5 Å². The number of likely N-dealkylation sites (tertiary alicyclic amines) is 1. The van der Waals surface area contributed by atoms with Crippen molar-refractivity contribution in [2.45, 2.75) is 39.2 Å². The lowest BCUT2D eigenvalue weighted by atomic mass is 9.96. The average molecular weight is 209 g/mol. The molecule has 1 aliphatic rings. The number of hydrogen-bond acceptors (Lipinski definition) is 3. The van der Waals surface area contributed by atoms with Gasteiger partial charge in [0.25, 0.3) is 0 Å². The Morgan fingerprint density at radius 2 is 2.13 bits per heavy atom. The molecule has 0 amide bonds. The molecule has 86 valence electrons. The van der Waals surface area contributed by atoms with Gasteiger partial charge < -0.3 is 10.2 Å². The molecule has 15 heavy (non-hydrogen) atoms. The molecule has 1 heterocycles. The lowest BCUT2D eigenvalue weighted by molar-refractivity contribution is 0.188. The minimum absolute atomic E-state index is 0.346. The summed E-state index contributed by atoms with van der Waals surface area (Å²) in [7, 11) is 0. The summed E-state index contributed by atoms with van der Waals surface area (Å²) in [5.41, 5.74) is 0. The van der Waals surface area contributed by atoms with E-state index in [1.54, 1.807) is 0 Å². The average Bonchev–Trinajstić information content (AvgIpc) is 2.27. The highest BCUT2D eigenvalue weighted by molar-refractivity contribution is 4.79. The maximum absolute atomic E-state index is 8.54. The van der Waals surface area contributed by atoms with Crippen molar-refractivity contribution in [2.24, 2.45) is 5.92 Å². The fourth-order valence-electron chi connectivity index (χ4n) is 2.08. The quantitative estimate of drug-likeness (QED) is 0.747. The number of piperidine rings is 1. The van der Waals surface area contributed by atoms with Gasteiger partial charge in [-0.3, -0.25) is 0 Å². The summed E-state index contributed by atoms with van der Waals surface area (Å²) in [6.07, 6.45) is 3.23. The first kappa shape index (κ1) is 12.5. The first-order valence-corrected chi connectivity index (χ1v) is 6.09. The van der Waals surface area contributed by atoms with E-state index < -0.39 is 0 Å². The van der Waals surface area contributed by atoms with Crippen molar-refractivity contribution < 1.29 is 0 Å². The molecule has 3 nitrogen and oxygen atoms in total. The highest BCUT2D eigenvalue weighted by Gasteiger charge is 2.17. The molecular formula is C12H23N3. The second kappa shape index (κ2) is 6.81. The van der Waals surface area contributed by atoms with E-state index in [4.69, 9.17) is 5.26 Å². The molecule has 0 radical (unpaired) electrons. The summed E-state index contributed by atoms with van der Waals surface area (Å²) in [5.74, 6) is 0.814. The Morgan fingerprint density at radius 3 is 2.67 bits per heavy atom. The predicted octanol–water partition coefficient (Wildman–Crippen LogP) is 1.61. The number of nitrogens with one attached hydrogen (secondary N) is 1. The molecule has 0 bridgehead atoms. The van der Waals surface area contributed by atoms with E-state index in [1.807, 2.05) is 0 Å². The number of rotatable bonds is 5. The van der Waals surface area contributed by atoms with Crippen LogP contribution in [-0.2, 0) is 0 Å². The Morgan fingerprint density at radius 1 is 1.47 bits per heavy atom. The van der Waals surface area contributed by atoms with Crippen molar-refractivity contribution in [2.75, 3.05) is 26.2 Å². The van der Waals surface area contributed by atoms with Crippen molar-refractivity contribution in [1.82, 2.24) is 10.2 Å². The van der Waals surface area contributed by atoms with Crippen LogP contribution in [0.2, 0.25) is 0 Å². The second-order valence-electron chi connectivity index (χ2n) is 4.55. The van der Waals surface area contributed by atoms with Crippen molar-refractivity contribution in [3.05, 3.63) is 0 Å². The van der Waals surface area contributed by atoms with E-state index >= 15 is 0 Å². The van der Waals surface area contributed by atoms with Gasteiger partial charge in [0.05, 0.1) is 12.5 Å². The van der Waals surface area contributed by atoms with Crippen molar-refractivity contribution in [1.29, 1.82) is 5.26 Å². The smallest absolute Gasteiger partial charge is 0.0638 e. The van der Waals surface area contributed by atoms with Gasteiger partial charge >= 0.3 is 0 Å². The third-order valence-corrected chi connectivity index (χ3v) is 3.31. The highest BCUT2D eigenvalue weighted by Crippen LogP contribution is 2.16. The van der Waals surface area contributed by atoms with Crippen LogP contribution in [0.25, 0.3) is 0 Å². The highest BCUT2D eigenvalue weighted by atomic mass is 15.1. The van der Waals surface area contributed by atoms with Crippen LogP contribution in [0, 0.1) is 17.2 Å². The fraction of sp³-hybridized carbons (Fsp3) is 0.917. The van der Waals surface area contributed by atoms with Gasteiger partial charge in [0, 0.05) is 6.04 Å². The summed E-state index contributed by atoms with van der Waals surface area (Å²) in [6, 6.07) is 2.55. The van der Waals surface area contributed by atoms with Gasteiger partial charge in [-0.05, 0) is 51.9 Å². The molecule has 1 aliphatic heterocycles. The SMILES string of the molecule is CCN1CCC(CNC(C)CC#N)CC1. The van der Waals surface area contributed by atoms with Gasteiger partial charge in [0.1, 0.15) is 0 Å². The van der Waals surface area contributed by atoms with E-state index in [-0.39, 0.29) is 0 Å². The normalized spacial score (nSPS) is 21.1. The van der Waals surface area contributed by atoms with Gasteiger partial charge in [0.2, 0.25) is 0 Å². The summed E-state index contributed by atoms with van der Waals surface area (Å²) in [6.45, 7) is 9.08. The monoisotopic (exact) mass is 209 g/mol. The molecule has 0 aromatic heterocycles. The van der Waals surface area contributed by atoms with Crippen molar-refractivity contribution in [3.8, 4) is 6.07 Å². The Kier molecular flexibility index (Phi) is 5.67. The zero-order valence-corrected chi connectivity index (χ0v) is 10.00. The largest absolute Gasteiger partial charge is 0.313 e. The molecule has 0 spiro atoms. The third kappa shape index (κ3) is 4.63.